The molecule has 2 aromatic heterocycles. The smallest absolute Gasteiger partial charge is 0.335 e. The summed E-state index contributed by atoms with van der Waals surface area (Å²) in [7, 11) is 0. The van der Waals surface area contributed by atoms with Gasteiger partial charge in [0.15, 0.2) is 11.5 Å². The van der Waals surface area contributed by atoms with E-state index in [1.54, 1.807) is 24.4 Å². The molecule has 2 fully saturated rings. The summed E-state index contributed by atoms with van der Waals surface area (Å²) in [5.74, 6) is 0.850. The molecule has 4 aromatic rings. The van der Waals surface area contributed by atoms with Crippen LogP contribution in [0.2, 0.25) is 5.02 Å². The minimum atomic E-state index is -1.01. The zero-order valence-electron chi connectivity index (χ0n) is 23.6. The van der Waals surface area contributed by atoms with Crippen LogP contribution in [-0.4, -0.2) is 56.3 Å². The third-order valence-corrected chi connectivity index (χ3v) is 9.12. The molecule has 3 atom stereocenters. The van der Waals surface area contributed by atoms with Gasteiger partial charge < -0.3 is 23.9 Å². The number of imidazole rings is 1. The first kappa shape index (κ1) is 27.2. The van der Waals surface area contributed by atoms with Crippen molar-refractivity contribution in [2.24, 2.45) is 0 Å². The molecule has 0 amide bonds. The number of para-hydroxylation sites is 1. The number of halogens is 1. The van der Waals surface area contributed by atoms with Gasteiger partial charge in [-0.1, -0.05) is 23.7 Å². The Balaban J connectivity index is 1.10. The number of fused-ring (bicyclic) bond motifs is 2. The second-order valence-electron chi connectivity index (χ2n) is 11.5. The Hall–Kier alpha value is -3.66. The van der Waals surface area contributed by atoms with Crippen molar-refractivity contribution in [1.29, 1.82) is 0 Å². The number of likely N-dealkylation sites (tertiary alicyclic amines) is 1. The van der Waals surface area contributed by atoms with E-state index in [-0.39, 0.29) is 17.7 Å². The van der Waals surface area contributed by atoms with Crippen LogP contribution >= 0.6 is 11.6 Å². The van der Waals surface area contributed by atoms with Gasteiger partial charge in [-0.25, -0.2) is 9.78 Å². The highest BCUT2D eigenvalue weighted by Gasteiger charge is 2.42. The maximum Gasteiger partial charge on any atom is 0.335 e. The van der Waals surface area contributed by atoms with Crippen LogP contribution in [0.4, 0.5) is 0 Å². The molecule has 10 heteroatoms. The molecular weight excluding hydrogens is 556 g/mol. The second-order valence-corrected chi connectivity index (χ2v) is 12.0. The van der Waals surface area contributed by atoms with Crippen LogP contribution < -0.4 is 9.47 Å². The number of carboxylic acid groups (broad SMARTS) is 1. The number of benzene rings is 2. The summed E-state index contributed by atoms with van der Waals surface area (Å²) in [6, 6.07) is 15.0. The predicted octanol–water partition coefficient (Wildman–Crippen LogP) is 6.16. The maximum absolute atomic E-state index is 11.7. The van der Waals surface area contributed by atoms with Crippen molar-refractivity contribution in [3.63, 3.8) is 0 Å². The number of aromatic nitrogens is 3. The van der Waals surface area contributed by atoms with E-state index in [4.69, 9.17) is 30.8 Å². The fourth-order valence-electron chi connectivity index (χ4n) is 6.40. The van der Waals surface area contributed by atoms with E-state index in [0.717, 1.165) is 72.9 Å². The Bertz CT molecular complexity index is 1640. The minimum absolute atomic E-state index is 0.0621. The number of hydrogen-bond acceptors (Lipinski definition) is 7. The molecule has 42 heavy (non-hydrogen) atoms. The third kappa shape index (κ3) is 4.79. The molecule has 2 aromatic carbocycles. The average molecular weight is 589 g/mol. The van der Waals surface area contributed by atoms with Gasteiger partial charge in [-0.05, 0) is 81.6 Å². The van der Waals surface area contributed by atoms with Gasteiger partial charge in [-0.15, -0.1) is 0 Å². The lowest BCUT2D eigenvalue weighted by Crippen LogP contribution is -2.37. The Morgan fingerprint density at radius 1 is 1.14 bits per heavy atom. The highest BCUT2D eigenvalue weighted by atomic mass is 35.5. The number of pyridine rings is 1. The molecule has 1 unspecified atom stereocenters. The number of nitrogens with zero attached hydrogens (tertiary/aromatic N) is 4. The van der Waals surface area contributed by atoms with E-state index in [1.807, 2.05) is 31.2 Å². The minimum Gasteiger partial charge on any atom is -0.478 e. The number of piperidine rings is 1. The van der Waals surface area contributed by atoms with Crippen molar-refractivity contribution in [1.82, 2.24) is 19.4 Å². The van der Waals surface area contributed by atoms with Crippen LogP contribution in [0, 0.1) is 0 Å². The Labute approximate surface area is 249 Å². The maximum atomic E-state index is 11.7. The highest BCUT2D eigenvalue weighted by molar-refractivity contribution is 6.30. The van der Waals surface area contributed by atoms with Crippen molar-refractivity contribution in [2.75, 3.05) is 19.7 Å². The molecular formula is C32H33ClN4O5. The van der Waals surface area contributed by atoms with Crippen molar-refractivity contribution in [2.45, 2.75) is 63.5 Å². The molecule has 0 aliphatic carbocycles. The number of carboxylic acids is 1. The summed E-state index contributed by atoms with van der Waals surface area (Å²) < 4.78 is 20.7. The predicted molar refractivity (Wildman–Crippen MR) is 157 cm³/mol. The quantitative estimate of drug-likeness (QED) is 0.274. The van der Waals surface area contributed by atoms with Gasteiger partial charge in [0.25, 0.3) is 5.79 Å². The fraction of sp³-hybridized carbons (Fsp3) is 0.406. The first-order valence-electron chi connectivity index (χ1n) is 14.5. The normalized spacial score (nSPS) is 23.2. The van der Waals surface area contributed by atoms with E-state index in [0.29, 0.717) is 23.2 Å². The Morgan fingerprint density at radius 2 is 1.95 bits per heavy atom. The third-order valence-electron chi connectivity index (χ3n) is 8.90. The average Bonchev–Trinajstić information content (AvgIpc) is 3.52. The molecule has 2 saturated heterocycles. The fourth-order valence-corrected chi connectivity index (χ4v) is 6.51. The van der Waals surface area contributed by atoms with Crippen LogP contribution in [0.3, 0.4) is 0 Å². The van der Waals surface area contributed by atoms with Crippen LogP contribution in [-0.2, 0) is 17.1 Å². The van der Waals surface area contributed by atoms with Gasteiger partial charge in [-0.2, -0.15) is 0 Å². The van der Waals surface area contributed by atoms with E-state index in [9.17, 15) is 9.90 Å². The summed E-state index contributed by atoms with van der Waals surface area (Å²) in [5, 5.41) is 10.1. The zero-order valence-corrected chi connectivity index (χ0v) is 24.4. The highest BCUT2D eigenvalue weighted by Crippen LogP contribution is 2.49. The molecule has 5 heterocycles. The lowest BCUT2D eigenvalue weighted by Gasteiger charge is -2.37. The number of hydrogen-bond donors (Lipinski definition) is 1. The lowest BCUT2D eigenvalue weighted by molar-refractivity contribution is -0.0722. The van der Waals surface area contributed by atoms with Crippen LogP contribution in [0.5, 0.6) is 11.5 Å². The monoisotopic (exact) mass is 588 g/mol. The molecule has 3 aliphatic heterocycles. The topological polar surface area (TPSA) is 98.9 Å². The summed E-state index contributed by atoms with van der Waals surface area (Å²) >= 11 is 6.05. The Kier molecular flexibility index (Phi) is 6.84. The van der Waals surface area contributed by atoms with Crippen LogP contribution in [0.25, 0.3) is 11.0 Å². The van der Waals surface area contributed by atoms with Crippen molar-refractivity contribution < 1.29 is 24.1 Å². The zero-order chi connectivity index (χ0) is 29.0. The Morgan fingerprint density at radius 3 is 2.64 bits per heavy atom. The number of rotatable bonds is 7. The molecule has 1 N–H and O–H groups in total. The molecule has 9 nitrogen and oxygen atoms in total. The summed E-state index contributed by atoms with van der Waals surface area (Å²) in [5.41, 5.74) is 3.75. The number of aromatic carboxylic acids is 1. The summed E-state index contributed by atoms with van der Waals surface area (Å²) in [6.45, 7) is 7.32. The van der Waals surface area contributed by atoms with Crippen LogP contribution in [0.15, 0.2) is 54.7 Å². The molecule has 218 valence electrons. The summed E-state index contributed by atoms with van der Waals surface area (Å²) in [4.78, 5) is 23.6. The van der Waals surface area contributed by atoms with E-state index in [1.165, 1.54) is 0 Å². The van der Waals surface area contributed by atoms with Gasteiger partial charge in [0.1, 0.15) is 11.5 Å². The largest absolute Gasteiger partial charge is 0.478 e. The molecule has 7 rings (SSSR count). The number of ether oxygens (including phenoxy) is 3. The number of carbonyl (C=O) groups is 1. The molecule has 0 spiro atoms. The summed E-state index contributed by atoms with van der Waals surface area (Å²) in [6.07, 6.45) is 4.67. The van der Waals surface area contributed by atoms with Gasteiger partial charge in [-0.3, -0.25) is 9.88 Å². The van der Waals surface area contributed by atoms with Crippen molar-refractivity contribution in [3.05, 3.63) is 82.4 Å². The van der Waals surface area contributed by atoms with Crippen molar-refractivity contribution >= 4 is 28.6 Å². The van der Waals surface area contributed by atoms with Gasteiger partial charge in [0.05, 0.1) is 40.3 Å². The van der Waals surface area contributed by atoms with Gasteiger partial charge in [0.2, 0.25) is 0 Å². The molecule has 0 saturated carbocycles. The van der Waals surface area contributed by atoms with Crippen molar-refractivity contribution in [3.8, 4) is 11.5 Å². The van der Waals surface area contributed by atoms with E-state index >= 15 is 0 Å². The van der Waals surface area contributed by atoms with Gasteiger partial charge in [0, 0.05) is 25.3 Å². The van der Waals surface area contributed by atoms with E-state index in [2.05, 4.69) is 27.4 Å². The standard InChI is InChI=1S/C32H33ClN4O5/c1-19(30-35-25-8-6-21(31(38)39)16-26(25)37(30)18-23-12-15-40-23)36-13-10-20(11-14-36)24-4-3-5-27-29(24)42-32(2,41-27)28-9-7-22(33)17-34-28/h3-9,16-17,19-20,23H,10-15,18H2,1-2H3,(H,38,39)/t19?,23-,32+/m0/s1. The second kappa shape index (κ2) is 10.6. The van der Waals surface area contributed by atoms with Gasteiger partial charge >= 0.3 is 5.97 Å². The lowest BCUT2D eigenvalue weighted by atomic mass is 9.88. The van der Waals surface area contributed by atoms with E-state index < -0.39 is 11.8 Å². The van der Waals surface area contributed by atoms with Crippen LogP contribution in [0.1, 0.15) is 72.5 Å². The molecule has 0 bridgehead atoms. The SMILES string of the molecule is CC(c1nc2ccc(C(=O)O)cc2n1C[C@@H]1CCO1)N1CCC(c2cccc3c2O[C@](C)(c2ccc(Cl)cn2)O3)CC1. The first-order chi connectivity index (χ1) is 20.3. The molecule has 3 aliphatic rings. The first-order valence-corrected chi connectivity index (χ1v) is 14.9. The molecule has 0 radical (unpaired) electrons.